The molecular weight excluding hydrogens is 366 g/mol. The SMILES string of the molecule is CC(=O)c1cccc(S(=O)(=O)NC2CCCc3cc4c(cc32)OCCO4)c1. The van der Waals surface area contributed by atoms with Gasteiger partial charge in [0, 0.05) is 11.6 Å². The van der Waals surface area contributed by atoms with Crippen LogP contribution in [0.15, 0.2) is 41.3 Å². The standard InChI is InChI=1S/C20H21NO5S/c1-13(22)14-4-2-6-16(10-14)27(23,24)21-18-7-3-5-15-11-19-20(12-17(15)18)26-9-8-25-19/h2,4,6,10-12,18,21H,3,5,7-9H2,1H3. The lowest BCUT2D eigenvalue weighted by Gasteiger charge is -2.29. The summed E-state index contributed by atoms with van der Waals surface area (Å²) >= 11 is 0. The van der Waals surface area contributed by atoms with Gasteiger partial charge < -0.3 is 9.47 Å². The molecular formula is C20H21NO5S. The van der Waals surface area contributed by atoms with Gasteiger partial charge >= 0.3 is 0 Å². The molecule has 1 N–H and O–H groups in total. The van der Waals surface area contributed by atoms with Crippen molar-refractivity contribution in [2.24, 2.45) is 0 Å². The minimum Gasteiger partial charge on any atom is -0.486 e. The number of Topliss-reactive ketones (excluding diaryl/α,β-unsaturated/α-hetero) is 1. The van der Waals surface area contributed by atoms with Gasteiger partial charge in [0.15, 0.2) is 17.3 Å². The van der Waals surface area contributed by atoms with E-state index in [9.17, 15) is 13.2 Å². The minimum atomic E-state index is -3.75. The number of benzene rings is 2. The second-order valence-corrected chi connectivity index (χ2v) is 8.56. The number of hydrogen-bond donors (Lipinski definition) is 1. The molecule has 1 unspecified atom stereocenters. The first-order valence-electron chi connectivity index (χ1n) is 9.00. The molecule has 4 rings (SSSR count). The maximum atomic E-state index is 12.9. The zero-order valence-electron chi connectivity index (χ0n) is 15.0. The maximum absolute atomic E-state index is 12.9. The molecule has 2 aromatic rings. The minimum absolute atomic E-state index is 0.0971. The molecule has 6 nitrogen and oxygen atoms in total. The number of rotatable bonds is 4. The molecule has 0 saturated carbocycles. The van der Waals surface area contributed by atoms with E-state index in [1.807, 2.05) is 12.1 Å². The third-order valence-electron chi connectivity index (χ3n) is 4.97. The molecule has 142 valence electrons. The Morgan fingerprint density at radius 3 is 2.59 bits per heavy atom. The van der Waals surface area contributed by atoms with Gasteiger partial charge in [0.2, 0.25) is 10.0 Å². The van der Waals surface area contributed by atoms with E-state index < -0.39 is 10.0 Å². The number of carbonyl (C=O) groups is 1. The molecule has 0 bridgehead atoms. The number of carbonyl (C=O) groups excluding carboxylic acids is 1. The molecule has 0 fully saturated rings. The highest BCUT2D eigenvalue weighted by molar-refractivity contribution is 7.89. The Balaban J connectivity index is 1.66. The molecule has 1 aliphatic carbocycles. The van der Waals surface area contributed by atoms with Crippen molar-refractivity contribution in [2.75, 3.05) is 13.2 Å². The largest absolute Gasteiger partial charge is 0.486 e. The first-order chi connectivity index (χ1) is 12.9. The number of aryl methyl sites for hydroxylation is 1. The summed E-state index contributed by atoms with van der Waals surface area (Å²) < 4.78 is 39.9. The van der Waals surface area contributed by atoms with Crippen molar-refractivity contribution < 1.29 is 22.7 Å². The van der Waals surface area contributed by atoms with E-state index in [1.54, 1.807) is 12.1 Å². The lowest BCUT2D eigenvalue weighted by molar-refractivity contribution is 0.101. The van der Waals surface area contributed by atoms with Crippen molar-refractivity contribution in [1.82, 2.24) is 4.72 Å². The van der Waals surface area contributed by atoms with Gasteiger partial charge in [0.1, 0.15) is 13.2 Å². The molecule has 2 aromatic carbocycles. The third-order valence-corrected chi connectivity index (χ3v) is 6.44. The van der Waals surface area contributed by atoms with Gasteiger partial charge in [-0.05, 0) is 61.6 Å². The molecule has 2 aliphatic rings. The van der Waals surface area contributed by atoms with Gasteiger partial charge in [-0.1, -0.05) is 12.1 Å². The van der Waals surface area contributed by atoms with Crippen molar-refractivity contribution in [3.05, 3.63) is 53.1 Å². The number of sulfonamides is 1. The number of nitrogens with one attached hydrogen (secondary N) is 1. The summed E-state index contributed by atoms with van der Waals surface area (Å²) in [6.45, 7) is 2.43. The van der Waals surface area contributed by atoms with Crippen molar-refractivity contribution in [3.63, 3.8) is 0 Å². The van der Waals surface area contributed by atoms with Crippen LogP contribution in [0.3, 0.4) is 0 Å². The molecule has 0 amide bonds. The molecule has 7 heteroatoms. The predicted octanol–water partition coefficient (Wildman–Crippen LogP) is 3.02. The normalized spacial score (nSPS) is 18.6. The van der Waals surface area contributed by atoms with E-state index >= 15 is 0 Å². The van der Waals surface area contributed by atoms with Gasteiger partial charge in [-0.25, -0.2) is 13.1 Å². The Hall–Kier alpha value is -2.38. The summed E-state index contributed by atoms with van der Waals surface area (Å²) in [7, 11) is -3.75. The average Bonchev–Trinajstić information content (AvgIpc) is 2.66. The molecule has 1 atom stereocenters. The molecule has 0 spiro atoms. The first kappa shape index (κ1) is 18.0. The van der Waals surface area contributed by atoms with Crippen molar-refractivity contribution in [2.45, 2.75) is 37.1 Å². The Morgan fingerprint density at radius 1 is 1.11 bits per heavy atom. The molecule has 0 radical (unpaired) electrons. The highest BCUT2D eigenvalue weighted by Gasteiger charge is 2.28. The van der Waals surface area contributed by atoms with Crippen LogP contribution in [-0.2, 0) is 16.4 Å². The predicted molar refractivity (Wildman–Crippen MR) is 99.9 cm³/mol. The molecule has 0 saturated heterocycles. The van der Waals surface area contributed by atoms with Crippen LogP contribution in [0.5, 0.6) is 11.5 Å². The second kappa shape index (κ2) is 6.98. The lowest BCUT2D eigenvalue weighted by atomic mass is 9.88. The van der Waals surface area contributed by atoms with Crippen LogP contribution in [-0.4, -0.2) is 27.4 Å². The van der Waals surface area contributed by atoms with Crippen LogP contribution in [0, 0.1) is 0 Å². The fourth-order valence-electron chi connectivity index (χ4n) is 3.60. The Kier molecular flexibility index (Phi) is 4.65. The number of ketones is 1. The zero-order chi connectivity index (χ0) is 19.0. The van der Waals surface area contributed by atoms with Gasteiger partial charge in [0.05, 0.1) is 4.90 Å². The van der Waals surface area contributed by atoms with E-state index in [2.05, 4.69) is 4.72 Å². The van der Waals surface area contributed by atoms with Gasteiger partial charge in [-0.15, -0.1) is 0 Å². The van der Waals surface area contributed by atoms with Crippen LogP contribution in [0.1, 0.15) is 47.3 Å². The highest BCUT2D eigenvalue weighted by atomic mass is 32.2. The van der Waals surface area contributed by atoms with Crippen molar-refractivity contribution >= 4 is 15.8 Å². The number of fused-ring (bicyclic) bond motifs is 2. The monoisotopic (exact) mass is 387 g/mol. The summed E-state index contributed by atoms with van der Waals surface area (Å²) in [5.41, 5.74) is 2.38. The van der Waals surface area contributed by atoms with Crippen LogP contribution >= 0.6 is 0 Å². The van der Waals surface area contributed by atoms with Gasteiger partial charge in [-0.3, -0.25) is 4.79 Å². The van der Waals surface area contributed by atoms with E-state index in [0.717, 1.165) is 29.7 Å². The average molecular weight is 387 g/mol. The molecule has 0 aromatic heterocycles. The van der Waals surface area contributed by atoms with E-state index in [1.165, 1.54) is 19.1 Å². The third kappa shape index (κ3) is 3.57. The zero-order valence-corrected chi connectivity index (χ0v) is 15.8. The topological polar surface area (TPSA) is 81.7 Å². The van der Waals surface area contributed by atoms with Crippen LogP contribution in [0.4, 0.5) is 0 Å². The fraction of sp³-hybridized carbons (Fsp3) is 0.350. The summed E-state index contributed by atoms with van der Waals surface area (Å²) in [4.78, 5) is 11.7. The first-order valence-corrected chi connectivity index (χ1v) is 10.5. The summed E-state index contributed by atoms with van der Waals surface area (Å²) in [5, 5.41) is 0. The molecule has 27 heavy (non-hydrogen) atoms. The molecule has 1 aliphatic heterocycles. The Labute approximate surface area is 158 Å². The Bertz CT molecular complexity index is 999. The van der Waals surface area contributed by atoms with Crippen molar-refractivity contribution in [3.8, 4) is 11.5 Å². The van der Waals surface area contributed by atoms with E-state index in [0.29, 0.717) is 30.9 Å². The van der Waals surface area contributed by atoms with E-state index in [-0.39, 0.29) is 16.7 Å². The maximum Gasteiger partial charge on any atom is 0.241 e. The smallest absolute Gasteiger partial charge is 0.241 e. The number of ether oxygens (including phenoxy) is 2. The highest BCUT2D eigenvalue weighted by Crippen LogP contribution is 2.40. The quantitative estimate of drug-likeness (QED) is 0.816. The van der Waals surface area contributed by atoms with Crippen LogP contribution in [0.25, 0.3) is 0 Å². The van der Waals surface area contributed by atoms with E-state index in [4.69, 9.17) is 9.47 Å². The van der Waals surface area contributed by atoms with Crippen LogP contribution in [0.2, 0.25) is 0 Å². The lowest BCUT2D eigenvalue weighted by Crippen LogP contribution is -2.31. The van der Waals surface area contributed by atoms with Crippen LogP contribution < -0.4 is 14.2 Å². The number of hydrogen-bond acceptors (Lipinski definition) is 5. The molecule has 1 heterocycles. The van der Waals surface area contributed by atoms with Gasteiger partial charge in [0.25, 0.3) is 0 Å². The van der Waals surface area contributed by atoms with Crippen molar-refractivity contribution in [1.29, 1.82) is 0 Å². The summed E-state index contributed by atoms with van der Waals surface area (Å²) in [6, 6.07) is 9.63. The summed E-state index contributed by atoms with van der Waals surface area (Å²) in [5.74, 6) is 1.21. The fourth-order valence-corrected chi connectivity index (χ4v) is 4.89. The second-order valence-electron chi connectivity index (χ2n) is 6.84. The summed E-state index contributed by atoms with van der Waals surface area (Å²) in [6.07, 6.45) is 2.47. The van der Waals surface area contributed by atoms with Gasteiger partial charge in [-0.2, -0.15) is 0 Å². The Morgan fingerprint density at radius 2 is 1.85 bits per heavy atom.